The second-order valence-corrected chi connectivity index (χ2v) is 6.72. The average Bonchev–Trinajstić information content (AvgIpc) is 2.60. The largest absolute Gasteiger partial charge is 0.495 e. The monoisotopic (exact) mass is 376 g/mol. The van der Waals surface area contributed by atoms with Gasteiger partial charge in [0, 0.05) is 17.4 Å². The van der Waals surface area contributed by atoms with E-state index >= 15 is 0 Å². The maximum absolute atomic E-state index is 12.1. The van der Waals surface area contributed by atoms with Crippen molar-refractivity contribution in [3.8, 4) is 11.5 Å². The van der Waals surface area contributed by atoms with Gasteiger partial charge < -0.3 is 20.1 Å². The Morgan fingerprint density at radius 3 is 2.65 bits per heavy atom. The average molecular weight is 377 g/mol. The Kier molecular flexibility index (Phi) is 7.60. The zero-order valence-electron chi connectivity index (χ0n) is 15.3. The number of methoxy groups -OCH3 is 1. The minimum Gasteiger partial charge on any atom is -0.495 e. The minimum atomic E-state index is -0.169. The number of halogens is 1. The topological polar surface area (TPSA) is 59.6 Å². The number of ether oxygens (including phenoxy) is 2. The molecule has 0 saturated carbocycles. The highest BCUT2D eigenvalue weighted by Gasteiger charge is 2.06. The first-order valence-electron chi connectivity index (χ1n) is 8.58. The fourth-order valence-corrected chi connectivity index (χ4v) is 2.50. The van der Waals surface area contributed by atoms with E-state index in [1.54, 1.807) is 25.3 Å². The first-order chi connectivity index (χ1) is 12.5. The van der Waals surface area contributed by atoms with Crippen LogP contribution in [0.1, 0.15) is 20.3 Å². The smallest absolute Gasteiger partial charge is 0.243 e. The van der Waals surface area contributed by atoms with Crippen LogP contribution in [0.15, 0.2) is 42.5 Å². The molecule has 0 spiro atoms. The van der Waals surface area contributed by atoms with Gasteiger partial charge in [0.25, 0.3) is 0 Å². The molecule has 140 valence electrons. The Balaban J connectivity index is 1.84. The third kappa shape index (κ3) is 6.48. The molecule has 0 aliphatic carbocycles. The van der Waals surface area contributed by atoms with E-state index in [0.717, 1.165) is 17.9 Å². The summed E-state index contributed by atoms with van der Waals surface area (Å²) in [6.45, 7) is 5.14. The lowest BCUT2D eigenvalue weighted by Gasteiger charge is -2.11. The number of anilines is 2. The van der Waals surface area contributed by atoms with Crippen molar-refractivity contribution >= 4 is 28.9 Å². The van der Waals surface area contributed by atoms with Crippen molar-refractivity contribution in [3.63, 3.8) is 0 Å². The summed E-state index contributed by atoms with van der Waals surface area (Å²) in [6, 6.07) is 12.7. The van der Waals surface area contributed by atoms with Gasteiger partial charge in [-0.25, -0.2) is 0 Å². The van der Waals surface area contributed by atoms with Crippen LogP contribution in [-0.4, -0.2) is 26.2 Å². The van der Waals surface area contributed by atoms with Gasteiger partial charge in [-0.05, 0) is 42.7 Å². The van der Waals surface area contributed by atoms with Gasteiger partial charge in [0.05, 0.1) is 25.3 Å². The van der Waals surface area contributed by atoms with Crippen LogP contribution in [0.5, 0.6) is 11.5 Å². The molecule has 5 nitrogen and oxygen atoms in total. The van der Waals surface area contributed by atoms with Crippen molar-refractivity contribution in [3.05, 3.63) is 47.5 Å². The zero-order chi connectivity index (χ0) is 18.9. The van der Waals surface area contributed by atoms with Gasteiger partial charge in [-0.1, -0.05) is 31.5 Å². The van der Waals surface area contributed by atoms with E-state index in [-0.39, 0.29) is 12.5 Å². The summed E-state index contributed by atoms with van der Waals surface area (Å²) < 4.78 is 10.8. The molecule has 2 N–H and O–H groups in total. The fourth-order valence-electron chi connectivity index (χ4n) is 2.24. The molecule has 26 heavy (non-hydrogen) atoms. The highest BCUT2D eigenvalue weighted by molar-refractivity contribution is 6.32. The van der Waals surface area contributed by atoms with Crippen LogP contribution < -0.4 is 20.1 Å². The van der Waals surface area contributed by atoms with Gasteiger partial charge in [-0.2, -0.15) is 0 Å². The summed E-state index contributed by atoms with van der Waals surface area (Å²) in [5, 5.41) is 6.33. The zero-order valence-corrected chi connectivity index (χ0v) is 16.1. The Morgan fingerprint density at radius 1 is 1.15 bits per heavy atom. The molecule has 0 aromatic heterocycles. The molecule has 0 heterocycles. The van der Waals surface area contributed by atoms with Crippen molar-refractivity contribution in [2.75, 3.05) is 30.9 Å². The van der Waals surface area contributed by atoms with Gasteiger partial charge >= 0.3 is 0 Å². The third-order valence-corrected chi connectivity index (χ3v) is 3.98. The number of hydrogen-bond donors (Lipinski definition) is 2. The molecule has 2 aromatic carbocycles. The summed E-state index contributed by atoms with van der Waals surface area (Å²) in [5.74, 6) is 1.79. The molecule has 6 heteroatoms. The maximum atomic E-state index is 12.1. The molecule has 0 bridgehead atoms. The summed E-state index contributed by atoms with van der Waals surface area (Å²) in [5.41, 5.74) is 1.45. The number of benzene rings is 2. The molecule has 0 unspecified atom stereocenters. The molecule has 0 aliphatic rings. The Hall–Kier alpha value is -2.40. The van der Waals surface area contributed by atoms with E-state index in [1.807, 2.05) is 24.3 Å². The van der Waals surface area contributed by atoms with E-state index in [9.17, 15) is 4.79 Å². The molecule has 2 aromatic rings. The fraction of sp³-hybridized carbons (Fsp3) is 0.350. The Morgan fingerprint density at radius 2 is 1.96 bits per heavy atom. The van der Waals surface area contributed by atoms with Crippen molar-refractivity contribution in [2.45, 2.75) is 20.3 Å². The maximum Gasteiger partial charge on any atom is 0.243 e. The first kappa shape index (κ1) is 19.9. The van der Waals surface area contributed by atoms with Crippen LogP contribution >= 0.6 is 11.6 Å². The van der Waals surface area contributed by atoms with E-state index in [1.165, 1.54) is 0 Å². The SMILES string of the molecule is COc1ccc(NC(=O)CNc2cccc(OCCC(C)C)c2)cc1Cl. The third-order valence-electron chi connectivity index (χ3n) is 3.69. The molecule has 0 atom stereocenters. The molecule has 0 aliphatic heterocycles. The second-order valence-electron chi connectivity index (χ2n) is 6.31. The number of nitrogens with one attached hydrogen (secondary N) is 2. The van der Waals surface area contributed by atoms with Crippen LogP contribution in [-0.2, 0) is 4.79 Å². The molecule has 1 amide bonds. The van der Waals surface area contributed by atoms with Gasteiger partial charge in [0.1, 0.15) is 11.5 Å². The Labute approximate surface area is 159 Å². The van der Waals surface area contributed by atoms with E-state index in [0.29, 0.717) is 29.0 Å². The van der Waals surface area contributed by atoms with E-state index in [4.69, 9.17) is 21.1 Å². The van der Waals surface area contributed by atoms with Gasteiger partial charge in [0.2, 0.25) is 5.91 Å². The highest BCUT2D eigenvalue weighted by Crippen LogP contribution is 2.27. The summed E-state index contributed by atoms with van der Waals surface area (Å²) in [6.07, 6.45) is 1.00. The van der Waals surface area contributed by atoms with Crippen LogP contribution in [0.2, 0.25) is 5.02 Å². The standard InChI is InChI=1S/C20H25ClN2O3/c1-14(2)9-10-26-17-6-4-5-15(11-17)22-13-20(24)23-16-7-8-19(25-3)18(21)12-16/h4-8,11-12,14,22H,9-10,13H2,1-3H3,(H,23,24). The Bertz CT molecular complexity index is 735. The lowest BCUT2D eigenvalue weighted by molar-refractivity contribution is -0.114. The van der Waals surface area contributed by atoms with Crippen LogP contribution in [0, 0.1) is 5.92 Å². The summed E-state index contributed by atoms with van der Waals surface area (Å²) in [7, 11) is 1.55. The quantitative estimate of drug-likeness (QED) is 0.658. The van der Waals surface area contributed by atoms with E-state index in [2.05, 4.69) is 24.5 Å². The van der Waals surface area contributed by atoms with Crippen molar-refractivity contribution in [2.24, 2.45) is 5.92 Å². The minimum absolute atomic E-state index is 0.138. The second kappa shape index (κ2) is 9.92. The van der Waals surface area contributed by atoms with Crippen molar-refractivity contribution < 1.29 is 14.3 Å². The molecule has 0 fully saturated rings. The predicted molar refractivity (Wildman–Crippen MR) is 107 cm³/mol. The summed E-state index contributed by atoms with van der Waals surface area (Å²) in [4.78, 5) is 12.1. The number of carbonyl (C=O) groups excluding carboxylic acids is 1. The van der Waals surface area contributed by atoms with Crippen LogP contribution in [0.25, 0.3) is 0 Å². The lowest BCUT2D eigenvalue weighted by Crippen LogP contribution is -2.21. The molecular formula is C20H25ClN2O3. The number of amides is 1. The van der Waals surface area contributed by atoms with E-state index < -0.39 is 0 Å². The van der Waals surface area contributed by atoms with Gasteiger partial charge in [0.15, 0.2) is 0 Å². The van der Waals surface area contributed by atoms with Gasteiger partial charge in [-0.3, -0.25) is 4.79 Å². The first-order valence-corrected chi connectivity index (χ1v) is 8.96. The number of carbonyl (C=O) groups is 1. The normalized spacial score (nSPS) is 10.5. The molecule has 2 rings (SSSR count). The van der Waals surface area contributed by atoms with Crippen LogP contribution in [0.4, 0.5) is 11.4 Å². The van der Waals surface area contributed by atoms with Gasteiger partial charge in [-0.15, -0.1) is 0 Å². The summed E-state index contributed by atoms with van der Waals surface area (Å²) >= 11 is 6.06. The van der Waals surface area contributed by atoms with Crippen molar-refractivity contribution in [1.82, 2.24) is 0 Å². The number of hydrogen-bond acceptors (Lipinski definition) is 4. The molecule has 0 saturated heterocycles. The number of rotatable bonds is 9. The molecular weight excluding hydrogens is 352 g/mol. The highest BCUT2D eigenvalue weighted by atomic mass is 35.5. The molecule has 0 radical (unpaired) electrons. The van der Waals surface area contributed by atoms with Crippen molar-refractivity contribution in [1.29, 1.82) is 0 Å². The van der Waals surface area contributed by atoms with Crippen LogP contribution in [0.3, 0.4) is 0 Å². The lowest BCUT2D eigenvalue weighted by atomic mass is 10.1. The predicted octanol–water partition coefficient (Wildman–Crippen LogP) is 4.82.